The molecule has 2 aromatic heterocycles. The van der Waals surface area contributed by atoms with E-state index >= 15 is 0 Å². The Labute approximate surface area is 146 Å². The van der Waals surface area contributed by atoms with Gasteiger partial charge in [0, 0.05) is 25.8 Å². The van der Waals surface area contributed by atoms with Crippen LogP contribution < -0.4 is 0 Å². The molecule has 25 heavy (non-hydrogen) atoms. The van der Waals surface area contributed by atoms with E-state index in [1.54, 1.807) is 13.0 Å². The highest BCUT2D eigenvalue weighted by Crippen LogP contribution is 2.35. The first-order valence-corrected chi connectivity index (χ1v) is 9.04. The Hall–Kier alpha value is -2.15. The van der Waals surface area contributed by atoms with Crippen LogP contribution >= 0.6 is 0 Å². The molecule has 2 aromatic rings. The highest BCUT2D eigenvalue weighted by molar-refractivity contribution is 5.92. The largest absolute Gasteiger partial charge is 0.379 e. The molecule has 1 saturated carbocycles. The van der Waals surface area contributed by atoms with Crippen molar-refractivity contribution in [1.29, 1.82) is 0 Å². The van der Waals surface area contributed by atoms with Crippen molar-refractivity contribution in [1.82, 2.24) is 19.8 Å². The molecule has 4 rings (SSSR count). The highest BCUT2D eigenvalue weighted by atomic mass is 16.5. The van der Waals surface area contributed by atoms with E-state index < -0.39 is 0 Å². The number of fused-ring (bicyclic) bond motifs is 1. The summed E-state index contributed by atoms with van der Waals surface area (Å²) in [4.78, 5) is 14.8. The summed E-state index contributed by atoms with van der Waals surface area (Å²) in [6.07, 6.45) is 5.31. The molecule has 2 aliphatic rings. The fraction of sp³-hybridized carbons (Fsp3) is 0.611. The van der Waals surface area contributed by atoms with Crippen molar-refractivity contribution >= 4 is 5.91 Å². The monoisotopic (exact) mass is 344 g/mol. The van der Waals surface area contributed by atoms with Crippen molar-refractivity contribution < 1.29 is 14.1 Å². The Bertz CT molecular complexity index is 762. The van der Waals surface area contributed by atoms with Crippen molar-refractivity contribution in [2.75, 3.05) is 19.8 Å². The van der Waals surface area contributed by atoms with E-state index in [1.807, 2.05) is 18.0 Å². The normalized spacial score (nSPS) is 19.9. The molecule has 0 bridgehead atoms. The quantitative estimate of drug-likeness (QED) is 0.804. The molecule has 1 fully saturated rings. The van der Waals surface area contributed by atoms with Crippen molar-refractivity contribution in [3.8, 4) is 0 Å². The van der Waals surface area contributed by atoms with E-state index in [0.29, 0.717) is 31.2 Å². The highest BCUT2D eigenvalue weighted by Gasteiger charge is 2.36. The maximum absolute atomic E-state index is 13.0. The van der Waals surface area contributed by atoms with Gasteiger partial charge in [0.05, 0.1) is 24.5 Å². The van der Waals surface area contributed by atoms with Gasteiger partial charge in [-0.15, -0.1) is 0 Å². The van der Waals surface area contributed by atoms with E-state index in [2.05, 4.69) is 14.9 Å². The fourth-order valence-corrected chi connectivity index (χ4v) is 3.50. The van der Waals surface area contributed by atoms with E-state index in [9.17, 15) is 4.79 Å². The minimum absolute atomic E-state index is 0.105. The van der Waals surface area contributed by atoms with Crippen LogP contribution in [0.3, 0.4) is 0 Å². The second-order valence-corrected chi connectivity index (χ2v) is 6.93. The summed E-state index contributed by atoms with van der Waals surface area (Å²) >= 11 is 0. The topological polar surface area (TPSA) is 73.4 Å². The number of aryl methyl sites for hydroxylation is 1. The van der Waals surface area contributed by atoms with Gasteiger partial charge in [0.2, 0.25) is 0 Å². The molecule has 0 saturated heterocycles. The minimum atomic E-state index is -0.130. The first kappa shape index (κ1) is 16.3. The van der Waals surface area contributed by atoms with Crippen LogP contribution in [0.4, 0.5) is 0 Å². The van der Waals surface area contributed by atoms with Crippen LogP contribution in [0.15, 0.2) is 16.8 Å². The zero-order valence-corrected chi connectivity index (χ0v) is 14.8. The van der Waals surface area contributed by atoms with Crippen molar-refractivity contribution in [2.45, 2.75) is 45.7 Å². The third kappa shape index (κ3) is 3.20. The molecule has 0 unspecified atom stereocenters. The van der Waals surface area contributed by atoms with Crippen LogP contribution in [-0.4, -0.2) is 45.5 Å². The summed E-state index contributed by atoms with van der Waals surface area (Å²) in [5, 5.41) is 8.50. The Morgan fingerprint density at radius 2 is 2.28 bits per heavy atom. The van der Waals surface area contributed by atoms with Gasteiger partial charge in [0.15, 0.2) is 5.69 Å². The van der Waals surface area contributed by atoms with Gasteiger partial charge in [0.25, 0.3) is 5.91 Å². The maximum atomic E-state index is 13.0. The molecule has 0 radical (unpaired) electrons. The smallest absolute Gasteiger partial charge is 0.276 e. The van der Waals surface area contributed by atoms with Crippen molar-refractivity contribution in [3.05, 3.63) is 35.0 Å². The van der Waals surface area contributed by atoms with Crippen LogP contribution in [0.2, 0.25) is 0 Å². The number of hydrogen-bond donors (Lipinski definition) is 0. The van der Waals surface area contributed by atoms with Crippen molar-refractivity contribution in [2.24, 2.45) is 5.92 Å². The first-order valence-electron chi connectivity index (χ1n) is 9.04. The average molecular weight is 344 g/mol. The molecule has 0 N–H and O–H groups in total. The minimum Gasteiger partial charge on any atom is -0.379 e. The van der Waals surface area contributed by atoms with Gasteiger partial charge in [-0.3, -0.25) is 9.48 Å². The predicted molar refractivity (Wildman–Crippen MR) is 90.2 cm³/mol. The van der Waals surface area contributed by atoms with E-state index in [1.165, 1.54) is 18.4 Å². The molecule has 0 spiro atoms. The van der Waals surface area contributed by atoms with Gasteiger partial charge in [0.1, 0.15) is 5.76 Å². The van der Waals surface area contributed by atoms with Gasteiger partial charge in [-0.1, -0.05) is 5.16 Å². The zero-order chi connectivity index (χ0) is 17.4. The van der Waals surface area contributed by atoms with Crippen LogP contribution in [0.25, 0.3) is 0 Å². The lowest BCUT2D eigenvalue weighted by Crippen LogP contribution is -2.43. The molecular weight excluding hydrogens is 320 g/mol. The van der Waals surface area contributed by atoms with E-state index in [0.717, 1.165) is 24.6 Å². The third-order valence-corrected chi connectivity index (χ3v) is 4.99. The Balaban J connectivity index is 1.65. The Morgan fingerprint density at radius 3 is 2.96 bits per heavy atom. The van der Waals surface area contributed by atoms with Crippen LogP contribution in [0.1, 0.15) is 53.3 Å². The number of carbonyl (C=O) groups excluding carboxylic acids is 1. The summed E-state index contributed by atoms with van der Waals surface area (Å²) in [6.45, 7) is 6.43. The van der Waals surface area contributed by atoms with E-state index in [-0.39, 0.29) is 11.9 Å². The molecule has 7 nitrogen and oxygen atoms in total. The average Bonchev–Trinajstić information content (AvgIpc) is 3.17. The molecular formula is C18H24N4O3. The molecule has 0 aromatic carbocycles. The summed E-state index contributed by atoms with van der Waals surface area (Å²) in [5.74, 6) is 1.26. The SMILES string of the molecule is CCOC[C@@H]1c2c(cnn2CC2CC2)CCN1C(=O)c1cc(C)on1. The third-order valence-electron chi connectivity index (χ3n) is 4.99. The van der Waals surface area contributed by atoms with E-state index in [4.69, 9.17) is 9.26 Å². The molecule has 7 heteroatoms. The molecule has 1 amide bonds. The molecule has 134 valence electrons. The molecule has 1 atom stereocenters. The summed E-state index contributed by atoms with van der Waals surface area (Å²) in [6, 6.07) is 1.56. The second-order valence-electron chi connectivity index (χ2n) is 6.93. The van der Waals surface area contributed by atoms with Crippen LogP contribution in [0, 0.1) is 12.8 Å². The van der Waals surface area contributed by atoms with Gasteiger partial charge >= 0.3 is 0 Å². The number of rotatable bonds is 6. The first-order chi connectivity index (χ1) is 12.2. The second kappa shape index (κ2) is 6.63. The summed E-state index contributed by atoms with van der Waals surface area (Å²) < 4.78 is 12.9. The maximum Gasteiger partial charge on any atom is 0.276 e. The lowest BCUT2D eigenvalue weighted by molar-refractivity contribution is 0.0390. The Kier molecular flexibility index (Phi) is 4.33. The van der Waals surface area contributed by atoms with Gasteiger partial charge in [-0.05, 0) is 44.6 Å². The number of amides is 1. The lowest BCUT2D eigenvalue weighted by Gasteiger charge is -2.35. The zero-order valence-electron chi connectivity index (χ0n) is 14.8. The van der Waals surface area contributed by atoms with Gasteiger partial charge in [-0.2, -0.15) is 5.10 Å². The lowest BCUT2D eigenvalue weighted by atomic mass is 9.99. The number of hydrogen-bond acceptors (Lipinski definition) is 5. The molecule has 1 aliphatic carbocycles. The number of nitrogens with zero attached hydrogens (tertiary/aromatic N) is 4. The summed E-state index contributed by atoms with van der Waals surface area (Å²) in [5.41, 5.74) is 2.71. The van der Waals surface area contributed by atoms with Crippen molar-refractivity contribution in [3.63, 3.8) is 0 Å². The molecule has 1 aliphatic heterocycles. The van der Waals surface area contributed by atoms with Crippen LogP contribution in [0.5, 0.6) is 0 Å². The Morgan fingerprint density at radius 1 is 1.44 bits per heavy atom. The number of ether oxygens (including phenoxy) is 1. The number of aromatic nitrogens is 3. The molecule has 3 heterocycles. The summed E-state index contributed by atoms with van der Waals surface area (Å²) in [7, 11) is 0. The van der Waals surface area contributed by atoms with Gasteiger partial charge in [-0.25, -0.2) is 0 Å². The fourth-order valence-electron chi connectivity index (χ4n) is 3.50. The standard InChI is InChI=1S/C18H24N4O3/c1-3-24-11-16-17-14(9-19-22(17)10-13-4-5-13)6-7-21(16)18(23)15-8-12(2)25-20-15/h8-9,13,16H,3-7,10-11H2,1-2H3/t16-/m1/s1. The predicted octanol–water partition coefficient (Wildman–Crippen LogP) is 2.37. The van der Waals surface area contributed by atoms with Gasteiger partial charge < -0.3 is 14.2 Å². The number of carbonyl (C=O) groups is 1. The van der Waals surface area contributed by atoms with Crippen LogP contribution in [-0.2, 0) is 17.7 Å².